The van der Waals surface area contributed by atoms with Gasteiger partial charge in [0.2, 0.25) is 11.7 Å². The Bertz CT molecular complexity index is 638. The van der Waals surface area contributed by atoms with Crippen molar-refractivity contribution in [3.8, 4) is 17.2 Å². The van der Waals surface area contributed by atoms with E-state index in [-0.39, 0.29) is 18.2 Å². The van der Waals surface area contributed by atoms with Gasteiger partial charge in [-0.2, -0.15) is 0 Å². The first kappa shape index (κ1) is 16.6. The lowest BCUT2D eigenvalue weighted by Crippen LogP contribution is -2.37. The number of ether oxygens (including phenoxy) is 3. The van der Waals surface area contributed by atoms with Crippen LogP contribution in [0.2, 0.25) is 0 Å². The van der Waals surface area contributed by atoms with Gasteiger partial charge in [-0.3, -0.25) is 14.5 Å². The predicted molar refractivity (Wildman–Crippen MR) is 85.6 cm³/mol. The van der Waals surface area contributed by atoms with Crippen molar-refractivity contribution in [3.63, 3.8) is 0 Å². The number of carbonyl (C=O) groups is 2. The van der Waals surface area contributed by atoms with Crippen LogP contribution in [0.3, 0.4) is 0 Å². The highest BCUT2D eigenvalue weighted by Gasteiger charge is 2.19. The van der Waals surface area contributed by atoms with Crippen LogP contribution in [0.5, 0.6) is 17.2 Å². The first-order valence-electron chi connectivity index (χ1n) is 7.08. The van der Waals surface area contributed by atoms with Gasteiger partial charge in [0.1, 0.15) is 0 Å². The molecule has 1 aromatic rings. The monoisotopic (exact) mass is 317 g/mol. The minimum Gasteiger partial charge on any atom is -0.493 e. The van der Waals surface area contributed by atoms with Gasteiger partial charge in [0.25, 0.3) is 5.91 Å². The van der Waals surface area contributed by atoms with Crippen LogP contribution in [0.1, 0.15) is 12.0 Å². The zero-order valence-electron chi connectivity index (χ0n) is 13.4. The number of hydrogen-bond donors (Lipinski definition) is 0. The number of rotatable bonds is 5. The molecule has 1 aromatic carbocycles. The summed E-state index contributed by atoms with van der Waals surface area (Å²) in [6.07, 6.45) is 6.78. The van der Waals surface area contributed by atoms with Gasteiger partial charge in [0.15, 0.2) is 11.5 Å². The molecule has 2 rings (SSSR count). The molecule has 122 valence electrons. The van der Waals surface area contributed by atoms with Crippen molar-refractivity contribution in [2.45, 2.75) is 6.42 Å². The Kier molecular flexibility index (Phi) is 5.41. The summed E-state index contributed by atoms with van der Waals surface area (Å²) in [5, 5.41) is 0. The predicted octanol–water partition coefficient (Wildman–Crippen LogP) is 2.04. The lowest BCUT2D eigenvalue weighted by molar-refractivity contribution is -0.141. The van der Waals surface area contributed by atoms with Crippen LogP contribution in [0, 0.1) is 0 Å². The van der Waals surface area contributed by atoms with Gasteiger partial charge in [-0.1, -0.05) is 12.2 Å². The van der Waals surface area contributed by atoms with Crippen molar-refractivity contribution >= 4 is 17.9 Å². The van der Waals surface area contributed by atoms with E-state index in [2.05, 4.69) is 0 Å². The summed E-state index contributed by atoms with van der Waals surface area (Å²) >= 11 is 0. The molecule has 6 nitrogen and oxygen atoms in total. The fraction of sp³-hybridized carbons (Fsp3) is 0.294. The van der Waals surface area contributed by atoms with Crippen LogP contribution in [-0.2, 0) is 9.59 Å². The maximum atomic E-state index is 12.1. The topological polar surface area (TPSA) is 65.1 Å². The number of hydrogen-bond acceptors (Lipinski definition) is 5. The number of carbonyl (C=O) groups excluding carboxylic acids is 2. The largest absolute Gasteiger partial charge is 0.493 e. The Hall–Kier alpha value is -2.76. The Labute approximate surface area is 134 Å². The zero-order valence-corrected chi connectivity index (χ0v) is 13.4. The normalized spacial score (nSPS) is 14.2. The maximum Gasteiger partial charge on any atom is 0.253 e. The fourth-order valence-electron chi connectivity index (χ4n) is 2.24. The molecule has 0 atom stereocenters. The van der Waals surface area contributed by atoms with Crippen molar-refractivity contribution in [2.24, 2.45) is 0 Å². The van der Waals surface area contributed by atoms with E-state index < -0.39 is 0 Å². The van der Waals surface area contributed by atoms with Crippen LogP contribution < -0.4 is 14.2 Å². The molecule has 23 heavy (non-hydrogen) atoms. The quantitative estimate of drug-likeness (QED) is 0.614. The minimum absolute atomic E-state index is 0.202. The standard InChI is InChI=1S/C17H19NO5/c1-21-13-10-12(11-14(22-2)17(13)23-3)7-8-16(20)18-9-5-4-6-15(18)19/h4-5,7-8,10-11H,6,9H2,1-3H3. The lowest BCUT2D eigenvalue weighted by atomic mass is 10.1. The van der Waals surface area contributed by atoms with Crippen LogP contribution >= 0.6 is 0 Å². The number of nitrogens with zero attached hydrogens (tertiary/aromatic N) is 1. The number of amides is 2. The van der Waals surface area contributed by atoms with Crippen molar-refractivity contribution in [2.75, 3.05) is 27.9 Å². The molecule has 0 aromatic heterocycles. The summed E-state index contributed by atoms with van der Waals surface area (Å²) in [5.41, 5.74) is 0.702. The van der Waals surface area contributed by atoms with Gasteiger partial charge in [0.05, 0.1) is 21.3 Å². The van der Waals surface area contributed by atoms with Gasteiger partial charge in [-0.25, -0.2) is 0 Å². The first-order valence-corrected chi connectivity index (χ1v) is 7.08. The van der Waals surface area contributed by atoms with Crippen LogP contribution in [0.4, 0.5) is 0 Å². The third-order valence-corrected chi connectivity index (χ3v) is 3.42. The molecule has 6 heteroatoms. The molecular formula is C17H19NO5. The van der Waals surface area contributed by atoms with Gasteiger partial charge in [-0.15, -0.1) is 0 Å². The Morgan fingerprint density at radius 2 is 1.74 bits per heavy atom. The zero-order chi connectivity index (χ0) is 16.8. The summed E-state index contributed by atoms with van der Waals surface area (Å²) < 4.78 is 15.8. The van der Waals surface area contributed by atoms with Crippen molar-refractivity contribution in [1.82, 2.24) is 4.90 Å². The van der Waals surface area contributed by atoms with Crippen molar-refractivity contribution < 1.29 is 23.8 Å². The highest BCUT2D eigenvalue weighted by atomic mass is 16.5. The van der Waals surface area contributed by atoms with E-state index in [0.29, 0.717) is 29.4 Å². The highest BCUT2D eigenvalue weighted by molar-refractivity contribution is 6.03. The van der Waals surface area contributed by atoms with Crippen LogP contribution in [0.15, 0.2) is 30.4 Å². The van der Waals surface area contributed by atoms with E-state index in [4.69, 9.17) is 14.2 Å². The number of imide groups is 1. The number of benzene rings is 1. The maximum absolute atomic E-state index is 12.1. The summed E-state index contributed by atoms with van der Waals surface area (Å²) in [7, 11) is 4.57. The summed E-state index contributed by atoms with van der Waals surface area (Å²) in [4.78, 5) is 25.0. The molecule has 0 fully saturated rings. The minimum atomic E-state index is -0.354. The second-order valence-corrected chi connectivity index (χ2v) is 4.81. The first-order chi connectivity index (χ1) is 11.1. The van der Waals surface area contributed by atoms with E-state index >= 15 is 0 Å². The molecule has 0 aliphatic carbocycles. The molecule has 0 bridgehead atoms. The summed E-state index contributed by atoms with van der Waals surface area (Å²) in [6.45, 7) is 0.303. The Morgan fingerprint density at radius 1 is 1.09 bits per heavy atom. The SMILES string of the molecule is COc1cc(C=CC(=O)N2CC=CCC2=O)cc(OC)c1OC. The van der Waals surface area contributed by atoms with Crippen molar-refractivity contribution in [1.29, 1.82) is 0 Å². The number of methoxy groups -OCH3 is 3. The van der Waals surface area contributed by atoms with E-state index in [1.807, 2.05) is 0 Å². The molecule has 0 radical (unpaired) electrons. The highest BCUT2D eigenvalue weighted by Crippen LogP contribution is 2.38. The van der Waals surface area contributed by atoms with Crippen molar-refractivity contribution in [3.05, 3.63) is 35.9 Å². The van der Waals surface area contributed by atoms with Gasteiger partial charge in [-0.05, 0) is 23.8 Å². The van der Waals surface area contributed by atoms with E-state index in [1.165, 1.54) is 32.3 Å². The average Bonchev–Trinajstić information content (AvgIpc) is 2.58. The second kappa shape index (κ2) is 7.49. The van der Waals surface area contributed by atoms with Gasteiger partial charge >= 0.3 is 0 Å². The summed E-state index contributed by atoms with van der Waals surface area (Å²) in [5.74, 6) is 0.918. The fourth-order valence-corrected chi connectivity index (χ4v) is 2.24. The van der Waals surface area contributed by atoms with Crippen LogP contribution in [0.25, 0.3) is 6.08 Å². The molecule has 2 amide bonds. The molecule has 0 saturated carbocycles. The Morgan fingerprint density at radius 3 is 2.26 bits per heavy atom. The van der Waals surface area contributed by atoms with Gasteiger partial charge in [0, 0.05) is 19.0 Å². The lowest BCUT2D eigenvalue weighted by Gasteiger charge is -2.19. The van der Waals surface area contributed by atoms with E-state index in [9.17, 15) is 9.59 Å². The Balaban J connectivity index is 2.23. The molecule has 0 N–H and O–H groups in total. The molecule has 0 spiro atoms. The third-order valence-electron chi connectivity index (χ3n) is 3.42. The van der Waals surface area contributed by atoms with Gasteiger partial charge < -0.3 is 14.2 Å². The van der Waals surface area contributed by atoms with Crippen LogP contribution in [-0.4, -0.2) is 44.6 Å². The average molecular weight is 317 g/mol. The second-order valence-electron chi connectivity index (χ2n) is 4.81. The molecule has 1 aliphatic rings. The van der Waals surface area contributed by atoms with E-state index in [0.717, 1.165) is 0 Å². The summed E-state index contributed by atoms with van der Waals surface area (Å²) in [6, 6.07) is 3.45. The third kappa shape index (κ3) is 3.71. The smallest absolute Gasteiger partial charge is 0.253 e. The molecule has 1 heterocycles. The molecule has 0 saturated heterocycles. The molecular weight excluding hydrogens is 298 g/mol. The van der Waals surface area contributed by atoms with E-state index in [1.54, 1.807) is 30.4 Å². The molecule has 1 aliphatic heterocycles. The molecule has 0 unspecified atom stereocenters.